The lowest BCUT2D eigenvalue weighted by molar-refractivity contribution is 0.146. The second-order valence-corrected chi connectivity index (χ2v) is 6.56. The van der Waals surface area contributed by atoms with E-state index in [1.807, 2.05) is 31.3 Å². The minimum absolute atomic E-state index is 0.269. The molecule has 0 spiro atoms. The fraction of sp³-hybridized carbons (Fsp3) is 0.333. The fourth-order valence-corrected chi connectivity index (χ4v) is 3.10. The first-order valence-corrected chi connectivity index (χ1v) is 8.77. The van der Waals surface area contributed by atoms with Crippen molar-refractivity contribution < 1.29 is 9.52 Å². The highest BCUT2D eigenvalue weighted by atomic mass is 16.4. The standard InChI is InChI=1S/C21H26N2O2/c1-15(11-16-7-9-17(10-8-16)12-22-2)23-13-20(24)21-19-6-4-3-5-18(19)14-25-21/h3-10,14-15,20,22-24H,11-13H2,1-2H3. The molecule has 1 heterocycles. The molecule has 0 aliphatic carbocycles. The van der Waals surface area contributed by atoms with Crippen LogP contribution in [0.25, 0.3) is 10.8 Å². The molecule has 0 amide bonds. The van der Waals surface area contributed by atoms with Gasteiger partial charge in [0, 0.05) is 29.9 Å². The summed E-state index contributed by atoms with van der Waals surface area (Å²) in [4.78, 5) is 0. The van der Waals surface area contributed by atoms with Gasteiger partial charge in [-0.25, -0.2) is 0 Å². The van der Waals surface area contributed by atoms with Crippen molar-refractivity contribution in [3.05, 3.63) is 71.7 Å². The molecule has 0 aliphatic rings. The van der Waals surface area contributed by atoms with E-state index in [0.29, 0.717) is 12.3 Å². The van der Waals surface area contributed by atoms with Crippen LogP contribution >= 0.6 is 0 Å². The van der Waals surface area contributed by atoms with Crippen LogP contribution in [0.1, 0.15) is 29.9 Å². The maximum Gasteiger partial charge on any atom is 0.141 e. The number of aliphatic hydroxyl groups excluding tert-OH is 1. The van der Waals surface area contributed by atoms with Crippen LogP contribution in [0.2, 0.25) is 0 Å². The summed E-state index contributed by atoms with van der Waals surface area (Å²) in [7, 11) is 1.95. The number of hydrogen-bond acceptors (Lipinski definition) is 4. The van der Waals surface area contributed by atoms with Crippen molar-refractivity contribution >= 4 is 10.8 Å². The zero-order chi connectivity index (χ0) is 17.6. The Balaban J connectivity index is 1.53. The predicted molar refractivity (Wildman–Crippen MR) is 102 cm³/mol. The molecular formula is C21H26N2O2. The Morgan fingerprint density at radius 3 is 2.52 bits per heavy atom. The summed E-state index contributed by atoms with van der Waals surface area (Å²) in [6.45, 7) is 3.49. The molecule has 2 atom stereocenters. The zero-order valence-electron chi connectivity index (χ0n) is 14.8. The van der Waals surface area contributed by atoms with Crippen LogP contribution in [-0.2, 0) is 13.0 Å². The van der Waals surface area contributed by atoms with Gasteiger partial charge in [0.15, 0.2) is 0 Å². The maximum atomic E-state index is 10.5. The third kappa shape index (κ3) is 4.48. The van der Waals surface area contributed by atoms with E-state index in [1.54, 1.807) is 6.26 Å². The molecule has 0 bridgehead atoms. The van der Waals surface area contributed by atoms with Crippen molar-refractivity contribution in [1.82, 2.24) is 10.6 Å². The molecule has 0 fully saturated rings. The fourth-order valence-electron chi connectivity index (χ4n) is 3.10. The number of aliphatic hydroxyl groups is 1. The molecular weight excluding hydrogens is 312 g/mol. The van der Waals surface area contributed by atoms with E-state index in [0.717, 1.165) is 23.7 Å². The number of nitrogens with one attached hydrogen (secondary N) is 2. The highest BCUT2D eigenvalue weighted by molar-refractivity contribution is 5.84. The monoisotopic (exact) mass is 338 g/mol. The summed E-state index contributed by atoms with van der Waals surface area (Å²) >= 11 is 0. The second kappa shape index (κ2) is 8.30. The molecule has 25 heavy (non-hydrogen) atoms. The Hall–Kier alpha value is -2.14. The molecule has 132 valence electrons. The first-order valence-electron chi connectivity index (χ1n) is 8.77. The largest absolute Gasteiger partial charge is 0.465 e. The Morgan fingerprint density at radius 1 is 1.04 bits per heavy atom. The van der Waals surface area contributed by atoms with Crippen LogP contribution in [0.3, 0.4) is 0 Å². The highest BCUT2D eigenvalue weighted by Crippen LogP contribution is 2.25. The van der Waals surface area contributed by atoms with Gasteiger partial charge < -0.3 is 20.2 Å². The lowest BCUT2D eigenvalue weighted by Crippen LogP contribution is -2.32. The highest BCUT2D eigenvalue weighted by Gasteiger charge is 2.16. The summed E-state index contributed by atoms with van der Waals surface area (Å²) in [6, 6.07) is 16.8. The molecule has 0 radical (unpaired) electrons. The van der Waals surface area contributed by atoms with Crippen molar-refractivity contribution in [3.63, 3.8) is 0 Å². The van der Waals surface area contributed by atoms with Crippen molar-refractivity contribution in [2.75, 3.05) is 13.6 Å². The topological polar surface area (TPSA) is 57.4 Å². The van der Waals surface area contributed by atoms with E-state index in [2.05, 4.69) is 41.8 Å². The van der Waals surface area contributed by atoms with Crippen molar-refractivity contribution in [1.29, 1.82) is 0 Å². The van der Waals surface area contributed by atoms with Crippen molar-refractivity contribution in [3.8, 4) is 0 Å². The van der Waals surface area contributed by atoms with Gasteiger partial charge >= 0.3 is 0 Å². The minimum Gasteiger partial charge on any atom is -0.465 e. The summed E-state index contributed by atoms with van der Waals surface area (Å²) in [5, 5.41) is 19.0. The van der Waals surface area contributed by atoms with Gasteiger partial charge in [0.2, 0.25) is 0 Å². The molecule has 0 aliphatic heterocycles. The van der Waals surface area contributed by atoms with Gasteiger partial charge in [0.1, 0.15) is 11.9 Å². The molecule has 0 saturated heterocycles. The molecule has 4 nitrogen and oxygen atoms in total. The average molecular weight is 338 g/mol. The number of furan rings is 1. The third-order valence-electron chi connectivity index (χ3n) is 4.45. The predicted octanol–water partition coefficient (Wildman–Crippen LogP) is 3.41. The Labute approximate surface area is 148 Å². The van der Waals surface area contributed by atoms with Gasteiger partial charge in [-0.05, 0) is 31.5 Å². The second-order valence-electron chi connectivity index (χ2n) is 6.56. The first kappa shape index (κ1) is 17.7. The minimum atomic E-state index is -0.652. The van der Waals surface area contributed by atoms with Crippen LogP contribution < -0.4 is 10.6 Å². The molecule has 3 aromatic rings. The van der Waals surface area contributed by atoms with Crippen LogP contribution in [0, 0.1) is 0 Å². The van der Waals surface area contributed by atoms with Crippen molar-refractivity contribution in [2.24, 2.45) is 0 Å². The SMILES string of the molecule is CNCc1ccc(CC(C)NCC(O)c2occ3ccccc23)cc1. The van der Waals surface area contributed by atoms with Crippen LogP contribution in [0.4, 0.5) is 0 Å². The lowest BCUT2D eigenvalue weighted by Gasteiger charge is -2.16. The molecule has 3 rings (SSSR count). The number of hydrogen-bond donors (Lipinski definition) is 3. The summed E-state index contributed by atoms with van der Waals surface area (Å²) < 4.78 is 5.57. The van der Waals surface area contributed by atoms with Gasteiger partial charge in [-0.15, -0.1) is 0 Å². The number of rotatable bonds is 8. The molecule has 4 heteroatoms. The van der Waals surface area contributed by atoms with Gasteiger partial charge in [0.05, 0.1) is 6.26 Å². The quantitative estimate of drug-likeness (QED) is 0.589. The van der Waals surface area contributed by atoms with Crippen molar-refractivity contribution in [2.45, 2.75) is 32.0 Å². The van der Waals surface area contributed by atoms with Crippen LogP contribution in [0.15, 0.2) is 59.2 Å². The maximum absolute atomic E-state index is 10.5. The van der Waals surface area contributed by atoms with E-state index < -0.39 is 6.10 Å². The van der Waals surface area contributed by atoms with E-state index in [9.17, 15) is 5.11 Å². The average Bonchev–Trinajstić information content (AvgIpc) is 3.06. The lowest BCUT2D eigenvalue weighted by atomic mass is 10.0. The smallest absolute Gasteiger partial charge is 0.141 e. The van der Waals surface area contributed by atoms with Gasteiger partial charge in [0.25, 0.3) is 0 Å². The zero-order valence-corrected chi connectivity index (χ0v) is 14.8. The van der Waals surface area contributed by atoms with E-state index in [1.165, 1.54) is 11.1 Å². The van der Waals surface area contributed by atoms with E-state index in [-0.39, 0.29) is 6.04 Å². The summed E-state index contributed by atoms with van der Waals surface area (Å²) in [5.74, 6) is 0.631. The Morgan fingerprint density at radius 2 is 1.76 bits per heavy atom. The third-order valence-corrected chi connectivity index (χ3v) is 4.45. The summed E-state index contributed by atoms with van der Waals surface area (Å²) in [5.41, 5.74) is 2.57. The van der Waals surface area contributed by atoms with Crippen LogP contribution in [-0.4, -0.2) is 24.7 Å². The Bertz CT molecular complexity index is 795. The van der Waals surface area contributed by atoms with Gasteiger partial charge in [-0.3, -0.25) is 0 Å². The Kier molecular flexibility index (Phi) is 5.87. The molecule has 0 saturated carbocycles. The number of benzene rings is 2. The van der Waals surface area contributed by atoms with Crippen LogP contribution in [0.5, 0.6) is 0 Å². The molecule has 2 aromatic carbocycles. The first-order chi connectivity index (χ1) is 12.2. The van der Waals surface area contributed by atoms with Gasteiger partial charge in [-0.2, -0.15) is 0 Å². The molecule has 2 unspecified atom stereocenters. The normalized spacial score (nSPS) is 13.9. The van der Waals surface area contributed by atoms with E-state index in [4.69, 9.17) is 4.42 Å². The van der Waals surface area contributed by atoms with E-state index >= 15 is 0 Å². The molecule has 1 aromatic heterocycles. The summed E-state index contributed by atoms with van der Waals surface area (Å²) in [6.07, 6.45) is 1.97. The molecule has 3 N–H and O–H groups in total. The number of fused-ring (bicyclic) bond motifs is 1. The van der Waals surface area contributed by atoms with Gasteiger partial charge in [-0.1, -0.05) is 48.5 Å².